The second-order valence-electron chi connectivity index (χ2n) is 16.1. The molecule has 0 fully saturated rings. The minimum absolute atomic E-state index is 0. The number of hydrogen-bond donors (Lipinski definition) is 2. The normalized spacial score (nSPS) is 11.8. The molecule has 13 heteroatoms. The number of nitrogens with one attached hydrogen (secondary N) is 2. The molecule has 0 spiro atoms. The average Bonchev–Trinajstić information content (AvgIpc) is 3.16. The van der Waals surface area contributed by atoms with Crippen LogP contribution in [0.1, 0.15) is 245 Å². The molecule has 2 N–H and O–H groups in total. The minimum atomic E-state index is -3.52. The second kappa shape index (κ2) is 48.5. The first kappa shape index (κ1) is 62.8. The Morgan fingerprint density at radius 3 is 0.797 bits per heavy atom. The average molecular weight is 901 g/mol. The Morgan fingerprint density at radius 1 is 0.390 bits per heavy atom. The maximum absolute atomic E-state index is 11.6. The number of rotatable bonds is 44. The summed E-state index contributed by atoms with van der Waals surface area (Å²) in [5, 5.41) is 22.8. The van der Waals surface area contributed by atoms with E-state index in [1.54, 1.807) is 12.2 Å². The fraction of sp³-hybridized carbons (Fsp3) is 0.870. The molecule has 0 saturated carbocycles. The number of unbranched alkanes of at least 4 members (excludes halogenated alkanes) is 32. The van der Waals surface area contributed by atoms with Crippen LogP contribution in [0.3, 0.4) is 0 Å². The third-order valence-electron chi connectivity index (χ3n) is 10.3. The SMILES string of the molecule is CCCCCCCCCCCCCCCCCC/C=C/S(=O)(=O)NCCC(=O)[O-].CCCCCCCCCCCCCCCCCC/C=C/S(=O)(=O)NCCC(=O)[O-].[Ca+2]. The summed E-state index contributed by atoms with van der Waals surface area (Å²) in [4.78, 5) is 20.5. The van der Waals surface area contributed by atoms with E-state index in [2.05, 4.69) is 23.3 Å². The van der Waals surface area contributed by atoms with Crippen LogP contribution in [-0.2, 0) is 29.6 Å². The Hall–Kier alpha value is -0.500. The summed E-state index contributed by atoms with van der Waals surface area (Å²) in [6.07, 6.45) is 46.5. The predicted octanol–water partition coefficient (Wildman–Crippen LogP) is 10.0. The predicted molar refractivity (Wildman–Crippen MR) is 245 cm³/mol. The van der Waals surface area contributed by atoms with Crippen LogP contribution < -0.4 is 19.7 Å². The van der Waals surface area contributed by atoms with Crippen LogP contribution in [0.25, 0.3) is 0 Å². The van der Waals surface area contributed by atoms with Crippen LogP contribution in [0, 0.1) is 0 Å². The summed E-state index contributed by atoms with van der Waals surface area (Å²) < 4.78 is 50.7. The van der Waals surface area contributed by atoms with Gasteiger partial charge in [-0.3, -0.25) is 0 Å². The first-order valence-corrected chi connectivity index (χ1v) is 26.8. The van der Waals surface area contributed by atoms with Crippen molar-refractivity contribution in [3.8, 4) is 0 Å². The summed E-state index contributed by atoms with van der Waals surface area (Å²) in [7, 11) is -7.04. The van der Waals surface area contributed by atoms with Crippen molar-refractivity contribution in [1.82, 2.24) is 9.44 Å². The number of allylic oxidation sites excluding steroid dienone is 2. The molecule has 0 aromatic heterocycles. The molecule has 0 aliphatic rings. The van der Waals surface area contributed by atoms with Gasteiger partial charge in [-0.15, -0.1) is 0 Å². The van der Waals surface area contributed by atoms with Gasteiger partial charge in [0.2, 0.25) is 20.0 Å². The van der Waals surface area contributed by atoms with E-state index in [1.165, 1.54) is 180 Å². The number of sulfonamides is 2. The zero-order valence-corrected chi connectivity index (χ0v) is 41.8. The molecule has 0 aromatic carbocycles. The molecule has 0 bridgehead atoms. The van der Waals surface area contributed by atoms with E-state index in [1.807, 2.05) is 0 Å². The monoisotopic (exact) mass is 901 g/mol. The minimum Gasteiger partial charge on any atom is -0.550 e. The third kappa shape index (κ3) is 57.5. The fourth-order valence-corrected chi connectivity index (χ4v) is 8.44. The first-order valence-electron chi connectivity index (χ1n) is 23.7. The molecule has 0 aromatic rings. The third-order valence-corrected chi connectivity index (χ3v) is 12.6. The van der Waals surface area contributed by atoms with Gasteiger partial charge in [0.05, 0.1) is 0 Å². The van der Waals surface area contributed by atoms with Crippen LogP contribution in [0.4, 0.5) is 0 Å². The Kier molecular flexibility index (Phi) is 51.6. The first-order chi connectivity index (χ1) is 28.0. The van der Waals surface area contributed by atoms with E-state index in [9.17, 15) is 36.6 Å². The molecule has 0 aliphatic carbocycles. The number of carbonyl (C=O) groups excluding carboxylic acids is 2. The molecule has 344 valence electrons. The summed E-state index contributed by atoms with van der Waals surface area (Å²) in [5.74, 6) is -2.52. The summed E-state index contributed by atoms with van der Waals surface area (Å²) >= 11 is 0. The smallest absolute Gasteiger partial charge is 0.550 e. The van der Waals surface area contributed by atoms with E-state index in [-0.39, 0.29) is 63.7 Å². The molecule has 0 unspecified atom stereocenters. The van der Waals surface area contributed by atoms with Gasteiger partial charge in [-0.25, -0.2) is 26.3 Å². The summed E-state index contributed by atoms with van der Waals surface area (Å²) in [5.41, 5.74) is 0. The molecular weight excluding hydrogens is 813 g/mol. The molecule has 0 aliphatic heterocycles. The van der Waals surface area contributed by atoms with E-state index >= 15 is 0 Å². The maximum atomic E-state index is 11.6. The van der Waals surface area contributed by atoms with Gasteiger partial charge in [0.25, 0.3) is 0 Å². The van der Waals surface area contributed by atoms with Crippen molar-refractivity contribution in [3.63, 3.8) is 0 Å². The van der Waals surface area contributed by atoms with Gasteiger partial charge in [0.15, 0.2) is 0 Å². The molecule has 10 nitrogen and oxygen atoms in total. The van der Waals surface area contributed by atoms with E-state index in [0.717, 1.165) is 49.3 Å². The van der Waals surface area contributed by atoms with Crippen LogP contribution >= 0.6 is 0 Å². The molecule has 0 amide bonds. The van der Waals surface area contributed by atoms with Crippen LogP contribution in [0.2, 0.25) is 0 Å². The van der Waals surface area contributed by atoms with Gasteiger partial charge in [-0.05, 0) is 25.7 Å². The van der Waals surface area contributed by atoms with E-state index < -0.39 is 32.0 Å². The number of carbonyl (C=O) groups is 2. The molecule has 0 atom stereocenters. The molecule has 0 heterocycles. The number of carboxylic acids is 2. The summed E-state index contributed by atoms with van der Waals surface area (Å²) in [6.45, 7) is 4.27. The number of aliphatic carboxylic acids is 2. The zero-order valence-electron chi connectivity index (χ0n) is 38.0. The van der Waals surface area contributed by atoms with Crippen molar-refractivity contribution in [2.24, 2.45) is 0 Å². The maximum Gasteiger partial charge on any atom is 2.00 e. The Bertz CT molecular complexity index is 1110. The number of carboxylic acid groups (broad SMARTS) is 2. The molecule has 59 heavy (non-hydrogen) atoms. The molecule has 0 rings (SSSR count). The van der Waals surface area contributed by atoms with Crippen LogP contribution in [-0.4, -0.2) is 79.6 Å². The van der Waals surface area contributed by atoms with Crippen molar-refractivity contribution in [2.75, 3.05) is 13.1 Å². The topological polar surface area (TPSA) is 173 Å². The van der Waals surface area contributed by atoms with Gasteiger partial charge in [-0.2, -0.15) is 0 Å². The van der Waals surface area contributed by atoms with E-state index in [0.29, 0.717) is 0 Å². The van der Waals surface area contributed by atoms with Crippen molar-refractivity contribution in [1.29, 1.82) is 0 Å². The van der Waals surface area contributed by atoms with Gasteiger partial charge in [-0.1, -0.05) is 219 Å². The van der Waals surface area contributed by atoms with Crippen LogP contribution in [0.5, 0.6) is 0 Å². The van der Waals surface area contributed by atoms with Crippen LogP contribution in [0.15, 0.2) is 23.0 Å². The second-order valence-corrected chi connectivity index (χ2v) is 19.4. The Labute approximate surface area is 393 Å². The molecule has 0 saturated heterocycles. The largest absolute Gasteiger partial charge is 2.00 e. The quantitative estimate of drug-likeness (QED) is 0.0449. The number of hydrogen-bond acceptors (Lipinski definition) is 8. The zero-order chi connectivity index (χ0) is 43.3. The fourth-order valence-electron chi connectivity index (χ4n) is 6.70. The van der Waals surface area contributed by atoms with Crippen molar-refractivity contribution in [2.45, 2.75) is 245 Å². The van der Waals surface area contributed by atoms with Crippen molar-refractivity contribution >= 4 is 69.7 Å². The molecule has 0 radical (unpaired) electrons. The molecular formula is C46H88CaN2O8S2. The Balaban J connectivity index is -0.00000105. The van der Waals surface area contributed by atoms with Gasteiger partial charge >= 0.3 is 37.7 Å². The summed E-state index contributed by atoms with van der Waals surface area (Å²) in [6, 6.07) is 0. The van der Waals surface area contributed by atoms with Gasteiger partial charge in [0, 0.05) is 48.7 Å². The van der Waals surface area contributed by atoms with Gasteiger partial charge in [0.1, 0.15) is 0 Å². The Morgan fingerprint density at radius 2 is 0.593 bits per heavy atom. The standard InChI is InChI=1S/2C23H45NO4S.Ca/c2*1-2-3-4-5-6-7-8-9-10-11-12-13-14-15-16-17-18-19-22-29(27,28)24-21-20-23(25)26;/h2*19,22,24H,2-18,20-21H2,1H3,(H,25,26);/q;;+2/p-2/b2*22-19+;. The van der Waals surface area contributed by atoms with Gasteiger partial charge < -0.3 is 19.8 Å². The van der Waals surface area contributed by atoms with E-state index in [4.69, 9.17) is 0 Å². The van der Waals surface area contributed by atoms with Crippen molar-refractivity contribution in [3.05, 3.63) is 23.0 Å². The van der Waals surface area contributed by atoms with Crippen molar-refractivity contribution < 1.29 is 36.6 Å².